The molecule has 0 aromatic heterocycles. The molecule has 1 aromatic carbocycles. The predicted molar refractivity (Wildman–Crippen MR) is 94.5 cm³/mol. The molecule has 130 valence electrons. The summed E-state index contributed by atoms with van der Waals surface area (Å²) < 4.78 is 10.7. The van der Waals surface area contributed by atoms with Crippen LogP contribution in [-0.4, -0.2) is 38.2 Å². The molecule has 2 heterocycles. The second kappa shape index (κ2) is 11.2. The Balaban J connectivity index is 0.000000213. The summed E-state index contributed by atoms with van der Waals surface area (Å²) in [7, 11) is 0. The zero-order valence-electron chi connectivity index (χ0n) is 14.9. The second-order valence-electron chi connectivity index (χ2n) is 5.60. The van der Waals surface area contributed by atoms with Gasteiger partial charge in [-0.25, -0.2) is 0 Å². The molecule has 1 aromatic rings. The minimum absolute atomic E-state index is 0.628. The van der Waals surface area contributed by atoms with Crippen LogP contribution in [0.25, 0.3) is 0 Å². The molecule has 23 heavy (non-hydrogen) atoms. The molecule has 2 fully saturated rings. The van der Waals surface area contributed by atoms with Crippen molar-refractivity contribution in [3.05, 3.63) is 29.3 Å². The highest BCUT2D eigenvalue weighted by atomic mass is 16.5. The first-order valence-corrected chi connectivity index (χ1v) is 8.75. The van der Waals surface area contributed by atoms with E-state index in [9.17, 15) is 4.79 Å². The van der Waals surface area contributed by atoms with Crippen molar-refractivity contribution >= 4 is 6.29 Å². The van der Waals surface area contributed by atoms with Crippen LogP contribution < -0.4 is 10.1 Å². The molecule has 2 bridgehead atoms. The number of nitrogens with one attached hydrogen (secondary N) is 1. The number of benzene rings is 1. The van der Waals surface area contributed by atoms with Crippen molar-refractivity contribution in [2.45, 2.75) is 59.0 Å². The minimum atomic E-state index is 0.628. The maximum Gasteiger partial charge on any atom is 0.150 e. The molecule has 2 atom stereocenters. The molecule has 1 N–H and O–H groups in total. The monoisotopic (exact) mass is 321 g/mol. The van der Waals surface area contributed by atoms with E-state index in [4.69, 9.17) is 9.47 Å². The first-order valence-electron chi connectivity index (χ1n) is 8.75. The number of aryl methyl sites for hydroxylation is 1. The van der Waals surface area contributed by atoms with Gasteiger partial charge in [0.15, 0.2) is 0 Å². The lowest BCUT2D eigenvalue weighted by molar-refractivity contribution is 0.0238. The van der Waals surface area contributed by atoms with E-state index in [1.165, 1.54) is 19.3 Å². The number of aldehydes is 1. The van der Waals surface area contributed by atoms with Gasteiger partial charge in [-0.05, 0) is 38.3 Å². The molecular formula is C19H31NO3. The molecule has 4 nitrogen and oxygen atoms in total. The molecule has 2 aliphatic rings. The Morgan fingerprint density at radius 1 is 1.26 bits per heavy atom. The third-order valence-electron chi connectivity index (χ3n) is 3.86. The quantitative estimate of drug-likeness (QED) is 0.861. The molecule has 2 aliphatic heterocycles. The van der Waals surface area contributed by atoms with Crippen molar-refractivity contribution in [2.75, 3.05) is 19.8 Å². The zero-order valence-corrected chi connectivity index (χ0v) is 14.9. The molecular weight excluding hydrogens is 290 g/mol. The summed E-state index contributed by atoms with van der Waals surface area (Å²) in [6.45, 7) is 10.4. The Morgan fingerprint density at radius 2 is 1.91 bits per heavy atom. The smallest absolute Gasteiger partial charge is 0.150 e. The molecule has 0 spiro atoms. The van der Waals surface area contributed by atoms with Gasteiger partial charge in [0.1, 0.15) is 12.0 Å². The highest BCUT2D eigenvalue weighted by molar-refractivity contribution is 5.75. The largest absolute Gasteiger partial charge is 0.494 e. The molecule has 3 rings (SSSR count). The van der Waals surface area contributed by atoms with Crippen molar-refractivity contribution in [3.63, 3.8) is 0 Å². The van der Waals surface area contributed by atoms with Gasteiger partial charge in [-0.3, -0.25) is 4.79 Å². The van der Waals surface area contributed by atoms with Crippen molar-refractivity contribution in [1.82, 2.24) is 5.32 Å². The number of hydrogen-bond acceptors (Lipinski definition) is 4. The number of fused-ring (bicyclic) bond motifs is 2. The number of rotatable bonds is 3. The maximum atomic E-state index is 10.4. The molecule has 4 heteroatoms. The van der Waals surface area contributed by atoms with Gasteiger partial charge < -0.3 is 14.8 Å². The number of ether oxygens (including phenoxy) is 2. The summed E-state index contributed by atoms with van der Waals surface area (Å²) in [4.78, 5) is 10.4. The van der Waals surface area contributed by atoms with Crippen LogP contribution in [0.4, 0.5) is 0 Å². The lowest BCUT2D eigenvalue weighted by atomic mass is 9.98. The Kier molecular flexibility index (Phi) is 9.57. The van der Waals surface area contributed by atoms with Gasteiger partial charge in [-0.1, -0.05) is 32.4 Å². The summed E-state index contributed by atoms with van der Waals surface area (Å²) in [5.41, 5.74) is 1.71. The van der Waals surface area contributed by atoms with Gasteiger partial charge in [-0.2, -0.15) is 0 Å². The van der Waals surface area contributed by atoms with Crippen molar-refractivity contribution in [1.29, 1.82) is 0 Å². The van der Waals surface area contributed by atoms with Crippen LogP contribution in [0, 0.1) is 6.92 Å². The molecule has 0 aliphatic carbocycles. The summed E-state index contributed by atoms with van der Waals surface area (Å²) in [6.07, 6.45) is 4.85. The summed E-state index contributed by atoms with van der Waals surface area (Å²) in [5, 5.41) is 3.53. The number of carbonyl (C=O) groups is 1. The standard InChI is InChI=1S/C10H12O2.C7H13NO.C2H6/c1-3-12-10-6-9(7-11)5-4-8(10)2;1-2-6-4-9-5-7(3-1)8-6;1-2/h4-7H,3H2,1-2H3;6-8H,1-5H2;1-2H3. The predicted octanol–water partition coefficient (Wildman–Crippen LogP) is 3.76. The van der Waals surface area contributed by atoms with Gasteiger partial charge in [-0.15, -0.1) is 0 Å². The van der Waals surface area contributed by atoms with Gasteiger partial charge in [0.25, 0.3) is 0 Å². The van der Waals surface area contributed by atoms with Crippen LogP contribution >= 0.6 is 0 Å². The van der Waals surface area contributed by atoms with Crippen LogP contribution in [0.1, 0.15) is 56.0 Å². The van der Waals surface area contributed by atoms with Gasteiger partial charge >= 0.3 is 0 Å². The van der Waals surface area contributed by atoms with Crippen LogP contribution in [0.3, 0.4) is 0 Å². The molecule has 0 amide bonds. The summed E-state index contributed by atoms with van der Waals surface area (Å²) in [6, 6.07) is 6.78. The fourth-order valence-corrected chi connectivity index (χ4v) is 2.73. The SMILES string of the molecule is C1CC2COCC(C1)N2.CC.CCOc1cc(C=O)ccc1C. The lowest BCUT2D eigenvalue weighted by Gasteiger charge is -2.35. The Hall–Kier alpha value is -1.39. The Morgan fingerprint density at radius 3 is 2.43 bits per heavy atom. The number of piperidine rings is 1. The average Bonchev–Trinajstić information content (AvgIpc) is 2.60. The highest BCUT2D eigenvalue weighted by Crippen LogP contribution is 2.18. The van der Waals surface area contributed by atoms with Gasteiger partial charge in [0, 0.05) is 17.6 Å². The van der Waals surface area contributed by atoms with Crippen molar-refractivity contribution in [2.24, 2.45) is 0 Å². The van der Waals surface area contributed by atoms with Crippen LogP contribution in [0.2, 0.25) is 0 Å². The Labute approximate surface area is 140 Å². The van der Waals surface area contributed by atoms with E-state index >= 15 is 0 Å². The average molecular weight is 321 g/mol. The van der Waals surface area contributed by atoms with Gasteiger partial charge in [0.2, 0.25) is 0 Å². The third-order valence-corrected chi connectivity index (χ3v) is 3.86. The number of carbonyl (C=O) groups excluding carboxylic acids is 1. The lowest BCUT2D eigenvalue weighted by Crippen LogP contribution is -2.51. The first kappa shape index (κ1) is 19.7. The number of hydrogen-bond donors (Lipinski definition) is 1. The van der Waals surface area contributed by atoms with Crippen LogP contribution in [0.5, 0.6) is 5.75 Å². The topological polar surface area (TPSA) is 47.6 Å². The minimum Gasteiger partial charge on any atom is -0.494 e. The molecule has 0 saturated carbocycles. The van der Waals surface area contributed by atoms with Crippen LogP contribution in [0.15, 0.2) is 18.2 Å². The van der Waals surface area contributed by atoms with E-state index in [2.05, 4.69) is 5.32 Å². The normalized spacial score (nSPS) is 21.9. The van der Waals surface area contributed by atoms with E-state index in [-0.39, 0.29) is 0 Å². The highest BCUT2D eigenvalue weighted by Gasteiger charge is 2.24. The summed E-state index contributed by atoms with van der Waals surface area (Å²) >= 11 is 0. The van der Waals surface area contributed by atoms with E-state index in [1.54, 1.807) is 12.1 Å². The van der Waals surface area contributed by atoms with Gasteiger partial charge in [0.05, 0.1) is 19.8 Å². The van der Waals surface area contributed by atoms with E-state index in [0.717, 1.165) is 30.8 Å². The third kappa shape index (κ3) is 6.71. The van der Waals surface area contributed by atoms with E-state index in [1.807, 2.05) is 33.8 Å². The second-order valence-corrected chi connectivity index (χ2v) is 5.60. The summed E-state index contributed by atoms with van der Waals surface area (Å²) in [5.74, 6) is 0.794. The maximum absolute atomic E-state index is 10.4. The number of morpholine rings is 1. The first-order chi connectivity index (χ1) is 11.2. The van der Waals surface area contributed by atoms with Crippen molar-refractivity contribution < 1.29 is 14.3 Å². The van der Waals surface area contributed by atoms with Crippen LogP contribution in [-0.2, 0) is 4.74 Å². The molecule has 2 unspecified atom stereocenters. The van der Waals surface area contributed by atoms with Crippen molar-refractivity contribution in [3.8, 4) is 5.75 Å². The zero-order chi connectivity index (χ0) is 17.1. The molecule has 0 radical (unpaired) electrons. The fourth-order valence-electron chi connectivity index (χ4n) is 2.73. The van der Waals surface area contributed by atoms with E-state index in [0.29, 0.717) is 24.3 Å². The fraction of sp³-hybridized carbons (Fsp3) is 0.632. The van der Waals surface area contributed by atoms with E-state index < -0.39 is 0 Å². The Bertz CT molecular complexity index is 442. The molecule has 2 saturated heterocycles.